The fourth-order valence-corrected chi connectivity index (χ4v) is 4.30. The van der Waals surface area contributed by atoms with E-state index in [-0.39, 0.29) is 0 Å². The van der Waals surface area contributed by atoms with Gasteiger partial charge in [0.15, 0.2) is 0 Å². The van der Waals surface area contributed by atoms with Crippen molar-refractivity contribution in [1.82, 2.24) is 4.98 Å². The van der Waals surface area contributed by atoms with Crippen molar-refractivity contribution in [1.29, 1.82) is 0 Å². The molecule has 0 amide bonds. The van der Waals surface area contributed by atoms with Gasteiger partial charge in [-0.25, -0.2) is 4.79 Å². The molecule has 1 atom stereocenters. The van der Waals surface area contributed by atoms with Gasteiger partial charge in [0.2, 0.25) is 0 Å². The maximum atomic E-state index is 12.6. The molecule has 122 valence electrons. The zero-order valence-corrected chi connectivity index (χ0v) is 12.9. The molecule has 1 aliphatic rings. The first-order valence-corrected chi connectivity index (χ1v) is 8.24. The molecule has 3 aromatic rings. The van der Waals surface area contributed by atoms with Crippen LogP contribution in [0.4, 0.5) is 13.2 Å². The van der Waals surface area contributed by atoms with Gasteiger partial charge in [0.1, 0.15) is 0 Å². The first-order chi connectivity index (χ1) is 11.4. The second-order valence-electron chi connectivity index (χ2n) is 5.24. The predicted molar refractivity (Wildman–Crippen MR) is 86.9 cm³/mol. The molecule has 0 fully saturated rings. The summed E-state index contributed by atoms with van der Waals surface area (Å²) >= 11 is 0. The summed E-state index contributed by atoms with van der Waals surface area (Å²) < 4.78 is 42.5. The molecule has 1 aromatic heterocycles. The zero-order chi connectivity index (χ0) is 16.9. The third-order valence-electron chi connectivity index (χ3n) is 3.74. The molecule has 1 unspecified atom stereocenters. The van der Waals surface area contributed by atoms with Crippen LogP contribution in [0.15, 0.2) is 53.4 Å². The van der Waals surface area contributed by atoms with Crippen molar-refractivity contribution in [3.8, 4) is 11.3 Å². The number of benzene rings is 2. The van der Waals surface area contributed by atoms with Crippen molar-refractivity contribution in [2.45, 2.75) is 11.1 Å². The Morgan fingerprint density at radius 2 is 1.75 bits per heavy atom. The number of carbonyl (C=O) groups excluding carboxylic acids is 1. The molecule has 2 aromatic carbocycles. The van der Waals surface area contributed by atoms with Gasteiger partial charge in [0.05, 0.1) is 5.69 Å². The molecule has 7 heteroatoms. The molecule has 0 aliphatic carbocycles. The van der Waals surface area contributed by atoms with E-state index in [1.165, 1.54) is 0 Å². The highest BCUT2D eigenvalue weighted by Gasteiger charge is 2.42. The fourth-order valence-electron chi connectivity index (χ4n) is 2.72. The monoisotopic (exact) mass is 349 g/mol. The fraction of sp³-hybridized carbons (Fsp3) is 0.0588. The van der Waals surface area contributed by atoms with Gasteiger partial charge in [-0.05, 0) is 12.1 Å². The number of fused-ring (bicyclic) bond motifs is 5. The van der Waals surface area contributed by atoms with Gasteiger partial charge in [0.25, 0.3) is 0 Å². The lowest BCUT2D eigenvalue weighted by Crippen LogP contribution is -2.24. The largest absolute Gasteiger partial charge is 0.492 e. The Morgan fingerprint density at radius 3 is 2.54 bits per heavy atom. The number of hydrogen-bond donors (Lipinski definition) is 1. The standard InChI is InChI=1S/C17H10F3NO2S/c18-17(19,20)16(22)23-24-9-12-10-5-1-3-7-13(10)21-15(12)11-6-2-4-8-14(11)24/h1-9,21H. The SMILES string of the molecule is O=C(OS1=Cc2c([nH]c3ccccc23)-c2ccccc21)C(F)(F)F. The summed E-state index contributed by atoms with van der Waals surface area (Å²) in [6, 6.07) is 14.5. The molecule has 3 nitrogen and oxygen atoms in total. The summed E-state index contributed by atoms with van der Waals surface area (Å²) in [7, 11) is -1.41. The van der Waals surface area contributed by atoms with E-state index < -0.39 is 22.9 Å². The van der Waals surface area contributed by atoms with Gasteiger partial charge in [0, 0.05) is 43.1 Å². The number of alkyl halides is 3. The number of H-pyrrole nitrogens is 1. The quantitative estimate of drug-likeness (QED) is 0.650. The third kappa shape index (κ3) is 2.32. The molecule has 4 rings (SSSR count). The molecule has 2 heterocycles. The minimum Gasteiger partial charge on any atom is -0.388 e. The minimum absolute atomic E-state index is 0.550. The van der Waals surface area contributed by atoms with E-state index in [4.69, 9.17) is 4.18 Å². The van der Waals surface area contributed by atoms with Crippen LogP contribution in [0.25, 0.3) is 22.2 Å². The molecule has 0 saturated heterocycles. The van der Waals surface area contributed by atoms with Gasteiger partial charge >= 0.3 is 12.1 Å². The maximum Gasteiger partial charge on any atom is 0.492 e. The third-order valence-corrected chi connectivity index (χ3v) is 5.31. The van der Waals surface area contributed by atoms with Crippen LogP contribution in [0.3, 0.4) is 0 Å². The lowest BCUT2D eigenvalue weighted by atomic mass is 10.1. The highest BCUT2D eigenvalue weighted by molar-refractivity contribution is 8.11. The second-order valence-corrected chi connectivity index (χ2v) is 6.68. The van der Waals surface area contributed by atoms with Crippen molar-refractivity contribution >= 4 is 33.0 Å². The van der Waals surface area contributed by atoms with E-state index in [1.807, 2.05) is 24.3 Å². The Labute approximate surface area is 137 Å². The highest BCUT2D eigenvalue weighted by atomic mass is 32.2. The van der Waals surface area contributed by atoms with Gasteiger partial charge in [-0.15, -0.1) is 0 Å². The Hall–Kier alpha value is -2.54. The normalized spacial score (nSPS) is 16.2. The van der Waals surface area contributed by atoms with Gasteiger partial charge in [-0.1, -0.05) is 36.4 Å². The number of nitrogens with one attached hydrogen (secondary N) is 1. The summed E-state index contributed by atoms with van der Waals surface area (Å²) in [5.74, 6) is -2.18. The van der Waals surface area contributed by atoms with Crippen molar-refractivity contribution in [2.75, 3.05) is 0 Å². The van der Waals surface area contributed by atoms with E-state index in [2.05, 4.69) is 4.98 Å². The lowest BCUT2D eigenvalue weighted by Gasteiger charge is -2.19. The minimum atomic E-state index is -5.02. The number of aromatic nitrogens is 1. The van der Waals surface area contributed by atoms with Crippen molar-refractivity contribution in [3.63, 3.8) is 0 Å². The maximum absolute atomic E-state index is 12.6. The predicted octanol–water partition coefficient (Wildman–Crippen LogP) is 4.65. The average Bonchev–Trinajstić information content (AvgIpc) is 2.93. The number of carbonyl (C=O) groups is 1. The first-order valence-electron chi connectivity index (χ1n) is 7.03. The second kappa shape index (κ2) is 5.24. The molecular weight excluding hydrogens is 339 g/mol. The number of hydrogen-bond acceptors (Lipinski definition) is 2. The summed E-state index contributed by atoms with van der Waals surface area (Å²) in [4.78, 5) is 15.1. The Balaban J connectivity index is 1.93. The van der Waals surface area contributed by atoms with Crippen LogP contribution in [-0.2, 0) is 8.98 Å². The summed E-state index contributed by atoms with van der Waals surface area (Å²) in [6.45, 7) is 0. The zero-order valence-electron chi connectivity index (χ0n) is 12.1. The van der Waals surface area contributed by atoms with Crippen molar-refractivity contribution in [2.24, 2.45) is 0 Å². The molecular formula is C17H10F3NO2S. The first kappa shape index (κ1) is 15.0. The molecule has 24 heavy (non-hydrogen) atoms. The van der Waals surface area contributed by atoms with E-state index in [0.717, 1.165) is 27.7 Å². The molecule has 1 N–H and O–H groups in total. The van der Waals surface area contributed by atoms with Crippen molar-refractivity contribution in [3.05, 3.63) is 54.1 Å². The number of halogens is 3. The van der Waals surface area contributed by atoms with Gasteiger partial charge in [-0.2, -0.15) is 13.2 Å². The Bertz CT molecular complexity index is 1000. The molecule has 1 aliphatic heterocycles. The Kier molecular flexibility index (Phi) is 3.28. The van der Waals surface area contributed by atoms with E-state index in [0.29, 0.717) is 4.90 Å². The smallest absolute Gasteiger partial charge is 0.388 e. The highest BCUT2D eigenvalue weighted by Crippen LogP contribution is 2.44. The van der Waals surface area contributed by atoms with E-state index >= 15 is 0 Å². The number of para-hydroxylation sites is 1. The van der Waals surface area contributed by atoms with Crippen molar-refractivity contribution < 1.29 is 22.1 Å². The molecule has 0 bridgehead atoms. The topological polar surface area (TPSA) is 42.1 Å². The van der Waals surface area contributed by atoms with Gasteiger partial charge < -0.3 is 9.17 Å². The van der Waals surface area contributed by atoms with Crippen LogP contribution in [0.5, 0.6) is 0 Å². The lowest BCUT2D eigenvalue weighted by molar-refractivity contribution is -0.188. The molecule has 0 saturated carbocycles. The number of rotatable bonds is 1. The summed E-state index contributed by atoms with van der Waals surface area (Å²) in [5, 5.41) is 2.46. The van der Waals surface area contributed by atoms with E-state index in [1.54, 1.807) is 29.6 Å². The van der Waals surface area contributed by atoms with Crippen LogP contribution >= 0.6 is 10.8 Å². The van der Waals surface area contributed by atoms with Crippen LogP contribution < -0.4 is 0 Å². The number of aromatic amines is 1. The summed E-state index contributed by atoms with van der Waals surface area (Å²) in [6.07, 6.45) is -5.02. The average molecular weight is 349 g/mol. The van der Waals surface area contributed by atoms with Crippen LogP contribution in [0.2, 0.25) is 0 Å². The molecule has 0 radical (unpaired) electrons. The van der Waals surface area contributed by atoms with Gasteiger partial charge in [-0.3, -0.25) is 0 Å². The Morgan fingerprint density at radius 1 is 1.04 bits per heavy atom. The van der Waals surface area contributed by atoms with E-state index in [9.17, 15) is 18.0 Å². The van der Waals surface area contributed by atoms with Crippen LogP contribution in [0, 0.1) is 0 Å². The molecule has 0 spiro atoms. The van der Waals surface area contributed by atoms with Crippen LogP contribution in [-0.4, -0.2) is 22.5 Å². The summed E-state index contributed by atoms with van der Waals surface area (Å²) in [5.41, 5.74) is 3.19. The van der Waals surface area contributed by atoms with Crippen LogP contribution in [0.1, 0.15) is 5.56 Å².